The molecule has 0 saturated carbocycles. The quantitative estimate of drug-likeness (QED) is 0.135. The molecule has 4 amide bonds. The van der Waals surface area contributed by atoms with Crippen LogP contribution in [0.15, 0.2) is 116 Å². The fourth-order valence-corrected chi connectivity index (χ4v) is 4.46. The fourth-order valence-electron chi connectivity index (χ4n) is 4.46. The number of hydrogen-bond donors (Lipinski definition) is 5. The van der Waals surface area contributed by atoms with Crippen LogP contribution in [0.4, 0.5) is 28.4 Å². The van der Waals surface area contributed by atoms with Gasteiger partial charge in [0.25, 0.3) is 23.6 Å². The Kier molecular flexibility index (Phi) is 8.90. The first-order valence-corrected chi connectivity index (χ1v) is 13.9. The summed E-state index contributed by atoms with van der Waals surface area (Å²) in [6, 6.07) is 24.5. The minimum absolute atomic E-state index is 0.205. The number of nitrogen functional groups attached to an aromatic ring is 1. The Morgan fingerprint density at radius 2 is 0.911 bits per heavy atom. The number of nitrogens with zero attached hydrogens (tertiary/aromatic N) is 2. The summed E-state index contributed by atoms with van der Waals surface area (Å²) in [6.07, 6.45) is 7.28. The highest BCUT2D eigenvalue weighted by atomic mass is 16.2. The molecule has 6 N–H and O–H groups in total. The standard InChI is InChI=1S/C34H29N7O4/c1-40-17-3-5-27(20-40)38-33(44)24-11-13-25(14-12-24)36-31(42)22-7-9-23(10-8-22)32(43)37-26-15-16-29(30(35)19-26)34(45)39-28-6-4-18-41(2)21-28/h3-21H,1-2H3,(H4-2,35,36,37,38,39,42,43,44,45)/p+2. The summed E-state index contributed by atoms with van der Waals surface area (Å²) in [6.45, 7) is 0. The van der Waals surface area contributed by atoms with Crippen molar-refractivity contribution >= 4 is 52.1 Å². The number of nitrogens with two attached hydrogens (primary N) is 1. The topological polar surface area (TPSA) is 150 Å². The van der Waals surface area contributed by atoms with Crippen LogP contribution in [0.1, 0.15) is 41.4 Å². The maximum atomic E-state index is 12.8. The molecule has 11 nitrogen and oxygen atoms in total. The number of pyridine rings is 2. The molecule has 0 saturated heterocycles. The number of aromatic nitrogens is 2. The number of benzene rings is 3. The summed E-state index contributed by atoms with van der Waals surface area (Å²) >= 11 is 0. The number of anilines is 5. The number of nitrogens with one attached hydrogen (secondary N) is 4. The number of rotatable bonds is 8. The average molecular weight is 602 g/mol. The first kappa shape index (κ1) is 30.1. The van der Waals surface area contributed by atoms with Crippen molar-refractivity contribution in [2.45, 2.75) is 0 Å². The van der Waals surface area contributed by atoms with Crippen LogP contribution in [-0.2, 0) is 14.1 Å². The van der Waals surface area contributed by atoms with Crippen LogP contribution in [0, 0.1) is 0 Å². The lowest BCUT2D eigenvalue weighted by molar-refractivity contribution is -0.670. The molecule has 0 radical (unpaired) electrons. The summed E-state index contributed by atoms with van der Waals surface area (Å²) in [5.41, 5.74) is 9.91. The average Bonchev–Trinajstić information content (AvgIpc) is 3.01. The number of carbonyl (C=O) groups is 4. The van der Waals surface area contributed by atoms with Crippen LogP contribution in [0.2, 0.25) is 0 Å². The molecule has 2 aromatic heterocycles. The maximum Gasteiger partial charge on any atom is 0.257 e. The van der Waals surface area contributed by atoms with E-state index < -0.39 is 5.91 Å². The Morgan fingerprint density at radius 3 is 1.38 bits per heavy atom. The van der Waals surface area contributed by atoms with Gasteiger partial charge in [0.05, 0.1) is 5.56 Å². The number of aryl methyl sites for hydroxylation is 2. The minimum atomic E-state index is -0.409. The molecule has 224 valence electrons. The molecule has 0 unspecified atom stereocenters. The molecule has 2 heterocycles. The Bertz CT molecular complexity index is 1910. The first-order chi connectivity index (χ1) is 21.6. The number of amides is 4. The fraction of sp³-hybridized carbons (Fsp3) is 0.0588. The van der Waals surface area contributed by atoms with Crippen molar-refractivity contribution in [2.75, 3.05) is 27.0 Å². The molecule has 0 aliphatic rings. The summed E-state index contributed by atoms with van der Waals surface area (Å²) in [4.78, 5) is 50.9. The Morgan fingerprint density at radius 1 is 0.511 bits per heavy atom. The van der Waals surface area contributed by atoms with Crippen molar-refractivity contribution in [3.63, 3.8) is 0 Å². The second kappa shape index (κ2) is 13.3. The molecule has 0 fully saturated rings. The molecule has 3 aromatic carbocycles. The lowest BCUT2D eigenvalue weighted by Crippen LogP contribution is -2.27. The molecule has 0 atom stereocenters. The largest absolute Gasteiger partial charge is 0.398 e. The molecule has 0 aliphatic heterocycles. The van der Waals surface area contributed by atoms with Crippen molar-refractivity contribution in [3.05, 3.63) is 138 Å². The monoisotopic (exact) mass is 601 g/mol. The molecule has 45 heavy (non-hydrogen) atoms. The Labute approximate surface area is 259 Å². The summed E-state index contributed by atoms with van der Waals surface area (Å²) in [7, 11) is 3.71. The second-order valence-corrected chi connectivity index (χ2v) is 10.3. The number of hydrogen-bond acceptors (Lipinski definition) is 5. The molecule has 5 rings (SSSR count). The molecule has 0 bridgehead atoms. The van der Waals surface area contributed by atoms with E-state index in [2.05, 4.69) is 21.3 Å². The van der Waals surface area contributed by atoms with E-state index in [1.165, 1.54) is 30.3 Å². The van der Waals surface area contributed by atoms with E-state index in [-0.39, 0.29) is 29.0 Å². The van der Waals surface area contributed by atoms with Gasteiger partial charge < -0.3 is 27.0 Å². The second-order valence-electron chi connectivity index (χ2n) is 10.3. The highest BCUT2D eigenvalue weighted by molar-refractivity contribution is 6.10. The number of carbonyl (C=O) groups excluding carboxylic acids is 4. The van der Waals surface area contributed by atoms with Gasteiger partial charge in [-0.2, -0.15) is 0 Å². The molecule has 11 heteroatoms. The van der Waals surface area contributed by atoms with Gasteiger partial charge in [-0.1, -0.05) is 0 Å². The third-order valence-electron chi connectivity index (χ3n) is 6.76. The molecular weight excluding hydrogens is 570 g/mol. The van der Waals surface area contributed by atoms with Crippen molar-refractivity contribution in [3.8, 4) is 0 Å². The van der Waals surface area contributed by atoms with Gasteiger partial charge >= 0.3 is 0 Å². The third-order valence-corrected chi connectivity index (χ3v) is 6.76. The van der Waals surface area contributed by atoms with Crippen molar-refractivity contribution in [2.24, 2.45) is 14.1 Å². The van der Waals surface area contributed by atoms with E-state index in [0.29, 0.717) is 39.4 Å². The SMILES string of the molecule is C[n+]1cccc(NC(=O)c2ccc(NC(=O)c3ccc(C(=O)Nc4ccc(C(=O)Nc5ccc[n+](C)c5)c(N)c4)cc3)cc2)c1. The zero-order valence-corrected chi connectivity index (χ0v) is 24.6. The summed E-state index contributed by atoms with van der Waals surface area (Å²) in [5.74, 6) is -1.42. The lowest BCUT2D eigenvalue weighted by atomic mass is 10.1. The predicted octanol–water partition coefficient (Wildman–Crippen LogP) is 3.93. The zero-order valence-electron chi connectivity index (χ0n) is 24.6. The Balaban J connectivity index is 1.15. The molecule has 0 spiro atoms. The van der Waals surface area contributed by atoms with E-state index in [1.54, 1.807) is 60.9 Å². The first-order valence-electron chi connectivity index (χ1n) is 13.9. The van der Waals surface area contributed by atoms with Crippen molar-refractivity contribution < 1.29 is 28.3 Å². The van der Waals surface area contributed by atoms with Crippen LogP contribution in [0.25, 0.3) is 0 Å². The van der Waals surface area contributed by atoms with E-state index in [1.807, 2.05) is 47.8 Å². The smallest absolute Gasteiger partial charge is 0.257 e. The van der Waals surface area contributed by atoms with Crippen molar-refractivity contribution in [1.29, 1.82) is 0 Å². The molecular formula is C34H31N7O4+2. The van der Waals surface area contributed by atoms with Gasteiger partial charge in [-0.05, 0) is 78.9 Å². The highest BCUT2D eigenvalue weighted by Crippen LogP contribution is 2.21. The van der Waals surface area contributed by atoms with Crippen LogP contribution in [0.5, 0.6) is 0 Å². The normalized spacial score (nSPS) is 10.4. The van der Waals surface area contributed by atoms with Gasteiger partial charge in [0.15, 0.2) is 24.8 Å². The lowest BCUT2D eigenvalue weighted by Gasteiger charge is -2.11. The van der Waals surface area contributed by atoms with Gasteiger partial charge in [-0.25, -0.2) is 9.13 Å². The summed E-state index contributed by atoms with van der Waals surface area (Å²) < 4.78 is 3.64. The van der Waals surface area contributed by atoms with Gasteiger partial charge in [0.1, 0.15) is 25.5 Å². The van der Waals surface area contributed by atoms with Crippen LogP contribution in [0.3, 0.4) is 0 Å². The summed E-state index contributed by atoms with van der Waals surface area (Å²) in [5, 5.41) is 11.2. The van der Waals surface area contributed by atoms with Gasteiger partial charge in [-0.3, -0.25) is 19.2 Å². The molecule has 5 aromatic rings. The van der Waals surface area contributed by atoms with Gasteiger partial charge in [0.2, 0.25) is 0 Å². The van der Waals surface area contributed by atoms with E-state index >= 15 is 0 Å². The predicted molar refractivity (Wildman–Crippen MR) is 171 cm³/mol. The van der Waals surface area contributed by atoms with Crippen LogP contribution in [-0.4, -0.2) is 23.6 Å². The van der Waals surface area contributed by atoms with Crippen LogP contribution >= 0.6 is 0 Å². The minimum Gasteiger partial charge on any atom is -0.398 e. The Hall–Kier alpha value is -6.36. The third kappa shape index (κ3) is 7.73. The van der Waals surface area contributed by atoms with Crippen molar-refractivity contribution in [1.82, 2.24) is 0 Å². The molecule has 0 aliphatic carbocycles. The van der Waals surface area contributed by atoms with Gasteiger partial charge in [0, 0.05) is 45.9 Å². The van der Waals surface area contributed by atoms with E-state index in [0.717, 1.165) is 0 Å². The van der Waals surface area contributed by atoms with Crippen LogP contribution < -0.4 is 36.1 Å². The highest BCUT2D eigenvalue weighted by Gasteiger charge is 2.15. The maximum absolute atomic E-state index is 12.8. The van der Waals surface area contributed by atoms with E-state index in [9.17, 15) is 19.2 Å². The van der Waals surface area contributed by atoms with E-state index in [4.69, 9.17) is 5.73 Å². The zero-order chi connectivity index (χ0) is 31.9. The van der Waals surface area contributed by atoms with Gasteiger partial charge in [-0.15, -0.1) is 0 Å².